The Balaban J connectivity index is 1.94. The number of hydrazine groups is 1. The quantitative estimate of drug-likeness (QED) is 0.563. The summed E-state index contributed by atoms with van der Waals surface area (Å²) >= 11 is 6.16. The van der Waals surface area contributed by atoms with E-state index in [0.29, 0.717) is 22.3 Å². The Morgan fingerprint density at radius 3 is 2.25 bits per heavy atom. The topological polar surface area (TPSA) is 90.5 Å². The first-order valence-corrected chi connectivity index (χ1v) is 12.6. The van der Waals surface area contributed by atoms with Gasteiger partial charge in [0.15, 0.2) is 0 Å². The van der Waals surface area contributed by atoms with Crippen LogP contribution in [0.3, 0.4) is 0 Å². The van der Waals surface area contributed by atoms with Gasteiger partial charge in [-0.15, -0.1) is 0 Å². The number of benzene rings is 2. The van der Waals surface area contributed by atoms with E-state index in [-0.39, 0.29) is 18.6 Å². The van der Waals surface area contributed by atoms with Crippen LogP contribution in [0.2, 0.25) is 5.02 Å². The second-order valence-electron chi connectivity index (χ2n) is 8.59. The van der Waals surface area contributed by atoms with Gasteiger partial charge in [-0.3, -0.25) is 20.0 Å². The highest BCUT2D eigenvalue weighted by atomic mass is 35.5. The van der Waals surface area contributed by atoms with Crippen molar-refractivity contribution in [2.45, 2.75) is 57.9 Å². The van der Waals surface area contributed by atoms with Crippen LogP contribution in [0, 0.1) is 6.92 Å². The Kier molecular flexibility index (Phi) is 7.50. The van der Waals surface area contributed by atoms with Gasteiger partial charge in [0.1, 0.15) is 11.8 Å². The largest absolute Gasteiger partial charge is 0.324 e. The van der Waals surface area contributed by atoms with Crippen LogP contribution < -0.4 is 20.5 Å². The fourth-order valence-electron chi connectivity index (χ4n) is 3.94. The molecule has 2 aromatic rings. The van der Waals surface area contributed by atoms with Crippen LogP contribution in [0.4, 0.5) is 11.4 Å². The highest BCUT2D eigenvalue weighted by molar-refractivity contribution is 7.93. The normalized spacial score (nSPS) is 21.0. The third kappa shape index (κ3) is 5.09. The van der Waals surface area contributed by atoms with Crippen molar-refractivity contribution in [3.63, 3.8) is 0 Å². The number of carbonyl (C=O) groups is 1. The molecule has 32 heavy (non-hydrogen) atoms. The van der Waals surface area contributed by atoms with Crippen LogP contribution >= 0.6 is 11.6 Å². The smallest absolute Gasteiger partial charge is 0.245 e. The van der Waals surface area contributed by atoms with Gasteiger partial charge in [0, 0.05) is 22.8 Å². The molecule has 174 valence electrons. The standard InChI is InChI=1S/C23H31ClN4O3S/c1-14(2)18-9-11-19(12-10-18)28(32(30,31)23-16(4)26-27-17(23)5)13-22(29)25-21-8-6-7-20(24)15(21)3/h6-12,14,16-17,23,26-27H,13H2,1-5H3,(H,25,29). The van der Waals surface area contributed by atoms with Crippen molar-refractivity contribution < 1.29 is 13.2 Å². The molecule has 3 N–H and O–H groups in total. The number of amides is 1. The molecule has 0 aromatic heterocycles. The summed E-state index contributed by atoms with van der Waals surface area (Å²) in [7, 11) is -3.87. The molecule has 1 amide bonds. The first-order chi connectivity index (χ1) is 15.0. The number of nitrogens with one attached hydrogen (secondary N) is 3. The lowest BCUT2D eigenvalue weighted by molar-refractivity contribution is -0.114. The summed E-state index contributed by atoms with van der Waals surface area (Å²) < 4.78 is 28.7. The molecule has 2 unspecified atom stereocenters. The molecule has 1 heterocycles. The van der Waals surface area contributed by atoms with Crippen molar-refractivity contribution in [2.75, 3.05) is 16.2 Å². The lowest BCUT2D eigenvalue weighted by atomic mass is 10.0. The predicted molar refractivity (Wildman–Crippen MR) is 131 cm³/mol. The number of nitrogens with zero attached hydrogens (tertiary/aromatic N) is 1. The van der Waals surface area contributed by atoms with E-state index in [0.717, 1.165) is 11.1 Å². The van der Waals surface area contributed by atoms with E-state index in [1.165, 1.54) is 4.31 Å². The lowest BCUT2D eigenvalue weighted by Crippen LogP contribution is -2.49. The minimum Gasteiger partial charge on any atom is -0.324 e. The number of hydrogen-bond acceptors (Lipinski definition) is 5. The van der Waals surface area contributed by atoms with Gasteiger partial charge in [-0.05, 0) is 62.1 Å². The molecular weight excluding hydrogens is 448 g/mol. The highest BCUT2D eigenvalue weighted by Gasteiger charge is 2.44. The van der Waals surface area contributed by atoms with Crippen molar-refractivity contribution in [3.05, 3.63) is 58.6 Å². The molecule has 7 nitrogen and oxygen atoms in total. The molecule has 0 saturated carbocycles. The van der Waals surface area contributed by atoms with Gasteiger partial charge in [-0.2, -0.15) is 0 Å². The van der Waals surface area contributed by atoms with Crippen LogP contribution in [-0.2, 0) is 14.8 Å². The maximum Gasteiger partial charge on any atom is 0.245 e. The zero-order valence-corrected chi connectivity index (χ0v) is 20.6. The van der Waals surface area contributed by atoms with E-state index < -0.39 is 21.2 Å². The van der Waals surface area contributed by atoms with Gasteiger partial charge in [0.2, 0.25) is 15.9 Å². The molecule has 1 aliphatic heterocycles. The number of anilines is 2. The van der Waals surface area contributed by atoms with Gasteiger partial charge in [0.25, 0.3) is 0 Å². The van der Waals surface area contributed by atoms with Crippen molar-refractivity contribution in [1.82, 2.24) is 10.9 Å². The van der Waals surface area contributed by atoms with Crippen LogP contribution in [0.5, 0.6) is 0 Å². The van der Waals surface area contributed by atoms with Crippen molar-refractivity contribution in [1.29, 1.82) is 0 Å². The maximum absolute atomic E-state index is 13.7. The summed E-state index contributed by atoms with van der Waals surface area (Å²) in [4.78, 5) is 13.0. The zero-order valence-electron chi connectivity index (χ0n) is 19.0. The molecule has 0 bridgehead atoms. The Morgan fingerprint density at radius 2 is 1.69 bits per heavy atom. The first-order valence-electron chi connectivity index (χ1n) is 10.7. The molecule has 0 radical (unpaired) electrons. The summed E-state index contributed by atoms with van der Waals surface area (Å²) in [6.07, 6.45) is 0. The van der Waals surface area contributed by atoms with Crippen LogP contribution in [0.25, 0.3) is 0 Å². The molecule has 2 aromatic carbocycles. The minimum atomic E-state index is -3.87. The molecule has 1 aliphatic rings. The van der Waals surface area contributed by atoms with E-state index in [9.17, 15) is 13.2 Å². The van der Waals surface area contributed by atoms with Crippen LogP contribution in [0.15, 0.2) is 42.5 Å². The summed E-state index contributed by atoms with van der Waals surface area (Å²) in [5.74, 6) is -0.127. The second-order valence-corrected chi connectivity index (χ2v) is 11.0. The predicted octanol–water partition coefficient (Wildman–Crippen LogP) is 3.80. The van der Waals surface area contributed by atoms with E-state index >= 15 is 0 Å². The average molecular weight is 479 g/mol. The zero-order chi connectivity index (χ0) is 23.6. The monoisotopic (exact) mass is 478 g/mol. The van der Waals surface area contributed by atoms with Crippen LogP contribution in [-0.4, -0.2) is 38.2 Å². The summed E-state index contributed by atoms with van der Waals surface area (Å²) in [6, 6.07) is 11.9. The molecule has 1 saturated heterocycles. The average Bonchev–Trinajstić information content (AvgIpc) is 3.08. The van der Waals surface area contributed by atoms with Crippen molar-refractivity contribution in [2.24, 2.45) is 0 Å². The van der Waals surface area contributed by atoms with E-state index in [4.69, 9.17) is 11.6 Å². The summed E-state index contributed by atoms with van der Waals surface area (Å²) in [5.41, 5.74) is 8.82. The number of sulfonamides is 1. The Hall–Kier alpha value is -2.13. The maximum atomic E-state index is 13.7. The van der Waals surface area contributed by atoms with Gasteiger partial charge < -0.3 is 5.32 Å². The minimum absolute atomic E-state index is 0.312. The number of rotatable bonds is 7. The van der Waals surface area contributed by atoms with E-state index in [2.05, 4.69) is 30.0 Å². The molecule has 9 heteroatoms. The third-order valence-corrected chi connectivity index (χ3v) is 8.72. The van der Waals surface area contributed by atoms with Gasteiger partial charge in [-0.1, -0.05) is 43.6 Å². The Morgan fingerprint density at radius 1 is 1.09 bits per heavy atom. The molecule has 2 atom stereocenters. The van der Waals surface area contributed by atoms with E-state index in [1.807, 2.05) is 26.0 Å². The van der Waals surface area contributed by atoms with Gasteiger partial charge >= 0.3 is 0 Å². The van der Waals surface area contributed by atoms with E-state index in [1.54, 1.807) is 37.3 Å². The lowest BCUT2D eigenvalue weighted by Gasteiger charge is -2.30. The van der Waals surface area contributed by atoms with Crippen molar-refractivity contribution >= 4 is 38.9 Å². The van der Waals surface area contributed by atoms with Gasteiger partial charge in [0.05, 0.1) is 5.69 Å². The fraction of sp³-hybridized carbons (Fsp3) is 0.435. The third-order valence-electron chi connectivity index (χ3n) is 5.85. The Labute approximate surface area is 195 Å². The molecule has 1 fully saturated rings. The van der Waals surface area contributed by atoms with Gasteiger partial charge in [-0.25, -0.2) is 8.42 Å². The fourth-order valence-corrected chi connectivity index (χ4v) is 6.29. The summed E-state index contributed by atoms with van der Waals surface area (Å²) in [5, 5.41) is 2.61. The van der Waals surface area contributed by atoms with Crippen molar-refractivity contribution in [3.8, 4) is 0 Å². The highest BCUT2D eigenvalue weighted by Crippen LogP contribution is 2.28. The SMILES string of the molecule is Cc1c(Cl)cccc1NC(=O)CN(c1ccc(C(C)C)cc1)S(=O)(=O)C1C(C)NNC1C. The molecule has 0 spiro atoms. The van der Waals surface area contributed by atoms with Crippen LogP contribution in [0.1, 0.15) is 44.7 Å². The number of carbonyl (C=O) groups excluding carboxylic acids is 1. The Bertz CT molecular complexity index is 1060. The number of hydrogen-bond donors (Lipinski definition) is 3. The summed E-state index contributed by atoms with van der Waals surface area (Å²) in [6.45, 7) is 9.23. The first kappa shape index (κ1) is 24.5. The molecule has 0 aliphatic carbocycles. The number of halogens is 1. The second kappa shape index (κ2) is 9.79. The molecular formula is C23H31ClN4O3S. The molecule has 3 rings (SSSR count).